The van der Waals surface area contributed by atoms with E-state index in [0.717, 1.165) is 35.8 Å². The molecule has 0 bridgehead atoms. The van der Waals surface area contributed by atoms with E-state index >= 15 is 0 Å². The fourth-order valence-electron chi connectivity index (χ4n) is 4.18. The summed E-state index contributed by atoms with van der Waals surface area (Å²) < 4.78 is 10.7. The average Bonchev–Trinajstić information content (AvgIpc) is 3.29. The molecule has 4 heteroatoms. The molecule has 1 aliphatic carbocycles. The molecule has 2 aromatic carbocycles. The van der Waals surface area contributed by atoms with E-state index in [4.69, 9.17) is 9.47 Å². The lowest BCUT2D eigenvalue weighted by molar-refractivity contribution is -0.132. The van der Waals surface area contributed by atoms with Crippen LogP contribution in [-0.4, -0.2) is 31.6 Å². The van der Waals surface area contributed by atoms with Gasteiger partial charge in [-0.15, -0.1) is 0 Å². The fourth-order valence-corrected chi connectivity index (χ4v) is 4.18. The third-order valence-corrected chi connectivity index (χ3v) is 5.93. The van der Waals surface area contributed by atoms with Crippen LogP contribution in [0.3, 0.4) is 0 Å². The summed E-state index contributed by atoms with van der Waals surface area (Å²) in [7, 11) is 3.29. The van der Waals surface area contributed by atoms with Gasteiger partial charge in [0, 0.05) is 19.5 Å². The number of hydrogen-bond acceptors (Lipinski definition) is 3. The molecule has 0 radical (unpaired) electrons. The lowest BCUT2D eigenvalue weighted by Gasteiger charge is -2.24. The highest BCUT2D eigenvalue weighted by Gasteiger charge is 2.19. The second-order valence-electron chi connectivity index (χ2n) is 7.93. The van der Waals surface area contributed by atoms with Gasteiger partial charge < -0.3 is 14.4 Å². The SMILES string of the molecule is COc1ccc(CCN(Cc2ccccc2)C(=O)CCC2CCCC2)cc1OC. The van der Waals surface area contributed by atoms with Gasteiger partial charge in [-0.05, 0) is 42.0 Å². The number of amides is 1. The van der Waals surface area contributed by atoms with Gasteiger partial charge in [0.15, 0.2) is 11.5 Å². The second-order valence-corrected chi connectivity index (χ2v) is 7.93. The van der Waals surface area contributed by atoms with Gasteiger partial charge in [-0.3, -0.25) is 4.79 Å². The van der Waals surface area contributed by atoms with E-state index < -0.39 is 0 Å². The molecule has 0 N–H and O–H groups in total. The van der Waals surface area contributed by atoms with Crippen LogP contribution in [0.5, 0.6) is 11.5 Å². The van der Waals surface area contributed by atoms with Gasteiger partial charge in [0.25, 0.3) is 0 Å². The van der Waals surface area contributed by atoms with E-state index in [2.05, 4.69) is 12.1 Å². The zero-order valence-electron chi connectivity index (χ0n) is 17.7. The molecule has 1 fully saturated rings. The summed E-state index contributed by atoms with van der Waals surface area (Å²) in [4.78, 5) is 15.0. The van der Waals surface area contributed by atoms with E-state index in [9.17, 15) is 4.79 Å². The molecule has 1 amide bonds. The molecule has 1 aliphatic rings. The molecule has 0 aromatic heterocycles. The molecular formula is C25H33NO3. The second kappa shape index (κ2) is 10.9. The van der Waals surface area contributed by atoms with Gasteiger partial charge in [0.2, 0.25) is 5.91 Å². The molecule has 0 saturated heterocycles. The molecule has 0 spiro atoms. The predicted octanol–water partition coefficient (Wildman–Crippen LogP) is 5.25. The van der Waals surface area contributed by atoms with Crippen LogP contribution in [0, 0.1) is 5.92 Å². The van der Waals surface area contributed by atoms with Crippen molar-refractivity contribution in [1.29, 1.82) is 0 Å². The Kier molecular flexibility index (Phi) is 7.97. The van der Waals surface area contributed by atoms with Crippen LogP contribution in [0.25, 0.3) is 0 Å². The van der Waals surface area contributed by atoms with Crippen LogP contribution in [0.1, 0.15) is 49.7 Å². The maximum absolute atomic E-state index is 13.0. The van der Waals surface area contributed by atoms with Crippen molar-refractivity contribution in [1.82, 2.24) is 4.90 Å². The third-order valence-electron chi connectivity index (χ3n) is 5.93. The number of hydrogen-bond donors (Lipinski definition) is 0. The number of carbonyl (C=O) groups excluding carboxylic acids is 1. The maximum Gasteiger partial charge on any atom is 0.222 e. The number of methoxy groups -OCH3 is 2. The lowest BCUT2D eigenvalue weighted by Crippen LogP contribution is -2.32. The van der Waals surface area contributed by atoms with E-state index in [0.29, 0.717) is 19.5 Å². The molecule has 29 heavy (non-hydrogen) atoms. The summed E-state index contributed by atoms with van der Waals surface area (Å²) >= 11 is 0. The Bertz CT molecular complexity index is 769. The largest absolute Gasteiger partial charge is 0.493 e. The van der Waals surface area contributed by atoms with Crippen LogP contribution in [-0.2, 0) is 17.8 Å². The Balaban J connectivity index is 1.64. The van der Waals surface area contributed by atoms with Gasteiger partial charge in [-0.1, -0.05) is 62.1 Å². The summed E-state index contributed by atoms with van der Waals surface area (Å²) in [6.07, 6.45) is 7.71. The summed E-state index contributed by atoms with van der Waals surface area (Å²) in [5, 5.41) is 0. The molecule has 1 saturated carbocycles. The Hall–Kier alpha value is -2.49. The van der Waals surface area contributed by atoms with Crippen LogP contribution in [0.4, 0.5) is 0 Å². The molecule has 156 valence electrons. The van der Waals surface area contributed by atoms with Crippen molar-refractivity contribution in [2.24, 2.45) is 5.92 Å². The van der Waals surface area contributed by atoms with Crippen molar-refractivity contribution >= 4 is 5.91 Å². The van der Waals surface area contributed by atoms with Gasteiger partial charge in [0.1, 0.15) is 0 Å². The Labute approximate surface area is 174 Å². The van der Waals surface area contributed by atoms with E-state index in [-0.39, 0.29) is 5.91 Å². The topological polar surface area (TPSA) is 38.8 Å². The van der Waals surface area contributed by atoms with Crippen LogP contribution in [0.2, 0.25) is 0 Å². The fraction of sp³-hybridized carbons (Fsp3) is 0.480. The number of rotatable bonds is 10. The normalized spacial score (nSPS) is 14.0. The summed E-state index contributed by atoms with van der Waals surface area (Å²) in [5.41, 5.74) is 2.32. The Morgan fingerprint density at radius 2 is 1.69 bits per heavy atom. The molecular weight excluding hydrogens is 362 g/mol. The number of benzene rings is 2. The highest BCUT2D eigenvalue weighted by molar-refractivity contribution is 5.76. The summed E-state index contributed by atoms with van der Waals surface area (Å²) in [6, 6.07) is 16.2. The first-order valence-corrected chi connectivity index (χ1v) is 10.7. The summed E-state index contributed by atoms with van der Waals surface area (Å²) in [6.45, 7) is 1.37. The quantitative estimate of drug-likeness (QED) is 0.552. The first-order valence-electron chi connectivity index (χ1n) is 10.7. The molecule has 0 heterocycles. The molecule has 2 aromatic rings. The monoisotopic (exact) mass is 395 g/mol. The van der Waals surface area contributed by atoms with Gasteiger partial charge >= 0.3 is 0 Å². The first kappa shape index (κ1) is 21.2. The Morgan fingerprint density at radius 3 is 2.38 bits per heavy atom. The van der Waals surface area contributed by atoms with Gasteiger partial charge in [0.05, 0.1) is 14.2 Å². The zero-order chi connectivity index (χ0) is 20.5. The predicted molar refractivity (Wildman–Crippen MR) is 116 cm³/mol. The number of ether oxygens (including phenoxy) is 2. The van der Waals surface area contributed by atoms with Gasteiger partial charge in [-0.25, -0.2) is 0 Å². The van der Waals surface area contributed by atoms with Crippen LogP contribution < -0.4 is 9.47 Å². The first-order chi connectivity index (χ1) is 14.2. The van der Waals surface area contributed by atoms with Crippen molar-refractivity contribution in [2.45, 2.75) is 51.5 Å². The highest BCUT2D eigenvalue weighted by Crippen LogP contribution is 2.29. The standard InChI is InChI=1S/C25H33NO3/c1-28-23-14-12-21(18-24(23)29-2)16-17-26(19-22-10-4-3-5-11-22)25(27)15-13-20-8-6-7-9-20/h3-5,10-12,14,18,20H,6-9,13,15-17,19H2,1-2H3. The van der Waals surface area contributed by atoms with Crippen molar-refractivity contribution in [2.75, 3.05) is 20.8 Å². The van der Waals surface area contributed by atoms with Crippen LogP contribution >= 0.6 is 0 Å². The smallest absolute Gasteiger partial charge is 0.222 e. The molecule has 0 aliphatic heterocycles. The van der Waals surface area contributed by atoms with Crippen molar-refractivity contribution in [3.63, 3.8) is 0 Å². The number of carbonyl (C=O) groups is 1. The maximum atomic E-state index is 13.0. The minimum atomic E-state index is 0.265. The molecule has 3 rings (SSSR count). The minimum Gasteiger partial charge on any atom is -0.493 e. The average molecular weight is 396 g/mol. The van der Waals surface area contributed by atoms with E-state index in [1.165, 1.54) is 31.2 Å². The molecule has 4 nitrogen and oxygen atoms in total. The minimum absolute atomic E-state index is 0.265. The van der Waals surface area contributed by atoms with E-state index in [1.54, 1.807) is 14.2 Å². The number of nitrogens with zero attached hydrogens (tertiary/aromatic N) is 1. The van der Waals surface area contributed by atoms with Crippen molar-refractivity contribution in [3.05, 3.63) is 59.7 Å². The van der Waals surface area contributed by atoms with E-state index in [1.807, 2.05) is 41.3 Å². The zero-order valence-corrected chi connectivity index (χ0v) is 17.7. The summed E-state index contributed by atoms with van der Waals surface area (Å²) in [5.74, 6) is 2.46. The van der Waals surface area contributed by atoms with Crippen molar-refractivity contribution in [3.8, 4) is 11.5 Å². The highest BCUT2D eigenvalue weighted by atomic mass is 16.5. The van der Waals surface area contributed by atoms with Crippen LogP contribution in [0.15, 0.2) is 48.5 Å². The van der Waals surface area contributed by atoms with Gasteiger partial charge in [-0.2, -0.15) is 0 Å². The third kappa shape index (κ3) is 6.25. The molecule has 0 atom stereocenters. The Morgan fingerprint density at radius 1 is 0.966 bits per heavy atom. The molecule has 0 unspecified atom stereocenters. The lowest BCUT2D eigenvalue weighted by atomic mass is 10.0. The van der Waals surface area contributed by atoms with Crippen molar-refractivity contribution < 1.29 is 14.3 Å².